The highest BCUT2D eigenvalue weighted by Gasteiger charge is 2.12. The van der Waals surface area contributed by atoms with Gasteiger partial charge in [-0.25, -0.2) is 0 Å². The van der Waals surface area contributed by atoms with Crippen molar-refractivity contribution < 1.29 is 0 Å². The van der Waals surface area contributed by atoms with Gasteiger partial charge in [-0.1, -0.05) is 32.0 Å². The van der Waals surface area contributed by atoms with Crippen LogP contribution in [0, 0.1) is 0 Å². The number of hydrogen-bond acceptors (Lipinski definition) is 1. The van der Waals surface area contributed by atoms with Crippen molar-refractivity contribution in [1.82, 2.24) is 9.88 Å². The van der Waals surface area contributed by atoms with E-state index in [9.17, 15) is 0 Å². The zero-order valence-corrected chi connectivity index (χ0v) is 13.2. The van der Waals surface area contributed by atoms with E-state index >= 15 is 0 Å². The number of nitrogens with zero attached hydrogens (tertiary/aromatic N) is 1. The van der Waals surface area contributed by atoms with Crippen molar-refractivity contribution >= 4 is 0 Å². The van der Waals surface area contributed by atoms with Gasteiger partial charge in [0.05, 0.1) is 0 Å². The Morgan fingerprint density at radius 3 is 2.81 bits per heavy atom. The van der Waals surface area contributed by atoms with Crippen molar-refractivity contribution in [3.63, 3.8) is 0 Å². The highest BCUT2D eigenvalue weighted by atomic mass is 15.0. The van der Waals surface area contributed by atoms with Crippen molar-refractivity contribution in [2.75, 3.05) is 6.54 Å². The smallest absolute Gasteiger partial charge is 0.0470 e. The molecule has 2 aromatic rings. The van der Waals surface area contributed by atoms with Gasteiger partial charge in [0.1, 0.15) is 0 Å². The van der Waals surface area contributed by atoms with E-state index in [1.54, 1.807) is 11.1 Å². The van der Waals surface area contributed by atoms with E-state index in [4.69, 9.17) is 0 Å². The van der Waals surface area contributed by atoms with Crippen LogP contribution in [0.4, 0.5) is 0 Å². The lowest BCUT2D eigenvalue weighted by Crippen LogP contribution is -2.19. The summed E-state index contributed by atoms with van der Waals surface area (Å²) in [5, 5.41) is 3.55. The maximum Gasteiger partial charge on any atom is 0.0470 e. The first-order chi connectivity index (χ1) is 10.3. The first-order valence-electron chi connectivity index (χ1n) is 8.30. The maximum absolute atomic E-state index is 3.55. The van der Waals surface area contributed by atoms with Crippen LogP contribution < -0.4 is 5.32 Å². The molecule has 0 saturated heterocycles. The van der Waals surface area contributed by atoms with Crippen molar-refractivity contribution in [3.05, 3.63) is 58.9 Å². The molecule has 0 saturated carbocycles. The van der Waals surface area contributed by atoms with Crippen LogP contribution >= 0.6 is 0 Å². The Morgan fingerprint density at radius 1 is 1.14 bits per heavy atom. The summed E-state index contributed by atoms with van der Waals surface area (Å²) in [6.07, 6.45) is 9.50. The molecule has 1 heterocycles. The van der Waals surface area contributed by atoms with E-state index in [0.29, 0.717) is 6.04 Å². The quantitative estimate of drug-likeness (QED) is 0.844. The Hall–Kier alpha value is -1.54. The molecular formula is C19H26N2. The number of aromatic nitrogens is 1. The van der Waals surface area contributed by atoms with Gasteiger partial charge in [-0.3, -0.25) is 0 Å². The predicted octanol–water partition coefficient (Wildman–Crippen LogP) is 4.09. The van der Waals surface area contributed by atoms with Crippen LogP contribution in [0.25, 0.3) is 0 Å². The summed E-state index contributed by atoms with van der Waals surface area (Å²) < 4.78 is 2.31. The molecule has 0 spiro atoms. The van der Waals surface area contributed by atoms with Crippen LogP contribution in [0.5, 0.6) is 0 Å². The fourth-order valence-corrected chi connectivity index (χ4v) is 3.44. The van der Waals surface area contributed by atoms with E-state index in [1.165, 1.54) is 30.4 Å². The van der Waals surface area contributed by atoms with Crippen LogP contribution in [-0.4, -0.2) is 11.1 Å². The molecule has 0 radical (unpaired) electrons. The van der Waals surface area contributed by atoms with Gasteiger partial charge >= 0.3 is 0 Å². The Bertz CT molecular complexity index is 597. The third-order valence-electron chi connectivity index (χ3n) is 4.56. The summed E-state index contributed by atoms with van der Waals surface area (Å²) in [7, 11) is 0. The van der Waals surface area contributed by atoms with E-state index in [1.807, 2.05) is 0 Å². The summed E-state index contributed by atoms with van der Waals surface area (Å²) in [4.78, 5) is 0. The number of aryl methyl sites for hydroxylation is 2. The third kappa shape index (κ3) is 3.21. The van der Waals surface area contributed by atoms with Gasteiger partial charge in [-0.2, -0.15) is 0 Å². The number of fused-ring (bicyclic) bond motifs is 1. The largest absolute Gasteiger partial charge is 0.350 e. The average Bonchev–Trinajstić information content (AvgIpc) is 3.13. The Balaban J connectivity index is 1.72. The standard InChI is InChI=1S/C19H26N2/c1-3-19(20-4-2)18-10-11-21(14-18)13-15-8-9-16-6-5-7-17(16)12-15/h8-12,14,19-20H,3-7,13H2,1-2H3. The molecule has 112 valence electrons. The molecule has 1 aromatic heterocycles. The van der Waals surface area contributed by atoms with Gasteiger partial charge in [0.2, 0.25) is 0 Å². The number of hydrogen-bond donors (Lipinski definition) is 1. The van der Waals surface area contributed by atoms with Gasteiger partial charge < -0.3 is 9.88 Å². The predicted molar refractivity (Wildman–Crippen MR) is 88.7 cm³/mol. The topological polar surface area (TPSA) is 17.0 Å². The monoisotopic (exact) mass is 282 g/mol. The lowest BCUT2D eigenvalue weighted by molar-refractivity contribution is 0.536. The fraction of sp³-hybridized carbons (Fsp3) is 0.474. The molecule has 0 aliphatic heterocycles. The summed E-state index contributed by atoms with van der Waals surface area (Å²) >= 11 is 0. The SMILES string of the molecule is CCNC(CC)c1ccn(Cc2ccc3c(c2)CCC3)c1. The molecule has 1 aromatic carbocycles. The summed E-state index contributed by atoms with van der Waals surface area (Å²) in [5.74, 6) is 0. The fourth-order valence-electron chi connectivity index (χ4n) is 3.44. The Kier molecular flexibility index (Phi) is 4.45. The zero-order valence-electron chi connectivity index (χ0n) is 13.2. The molecule has 0 bridgehead atoms. The highest BCUT2D eigenvalue weighted by molar-refractivity contribution is 5.35. The van der Waals surface area contributed by atoms with Crippen LogP contribution in [-0.2, 0) is 19.4 Å². The lowest BCUT2D eigenvalue weighted by atomic mass is 10.1. The summed E-state index contributed by atoms with van der Waals surface area (Å²) in [6.45, 7) is 6.42. The molecule has 1 N–H and O–H groups in total. The molecule has 3 rings (SSSR count). The highest BCUT2D eigenvalue weighted by Crippen LogP contribution is 2.23. The number of nitrogens with one attached hydrogen (secondary N) is 1. The molecule has 0 amide bonds. The van der Waals surface area contributed by atoms with Crippen LogP contribution in [0.15, 0.2) is 36.7 Å². The van der Waals surface area contributed by atoms with Gasteiger partial charge in [-0.05, 0) is 60.5 Å². The normalized spacial score (nSPS) is 15.1. The molecule has 1 aliphatic carbocycles. The summed E-state index contributed by atoms with van der Waals surface area (Å²) in [5.41, 5.74) is 5.96. The third-order valence-corrected chi connectivity index (χ3v) is 4.56. The minimum Gasteiger partial charge on any atom is -0.350 e. The molecule has 1 unspecified atom stereocenters. The second kappa shape index (κ2) is 6.48. The summed E-state index contributed by atoms with van der Waals surface area (Å²) in [6, 6.07) is 9.77. The van der Waals surface area contributed by atoms with Crippen LogP contribution in [0.1, 0.15) is 55.0 Å². The minimum atomic E-state index is 0.483. The Morgan fingerprint density at radius 2 is 2.00 bits per heavy atom. The van der Waals surface area contributed by atoms with Crippen LogP contribution in [0.2, 0.25) is 0 Å². The second-order valence-electron chi connectivity index (χ2n) is 6.09. The van der Waals surface area contributed by atoms with Gasteiger partial charge in [-0.15, -0.1) is 0 Å². The average molecular weight is 282 g/mol. The minimum absolute atomic E-state index is 0.483. The first-order valence-corrected chi connectivity index (χ1v) is 8.30. The second-order valence-corrected chi connectivity index (χ2v) is 6.09. The van der Waals surface area contributed by atoms with Gasteiger partial charge in [0.15, 0.2) is 0 Å². The van der Waals surface area contributed by atoms with E-state index < -0.39 is 0 Å². The molecule has 1 aliphatic rings. The number of benzene rings is 1. The van der Waals surface area contributed by atoms with E-state index in [-0.39, 0.29) is 0 Å². The van der Waals surface area contributed by atoms with E-state index in [2.05, 4.69) is 60.4 Å². The van der Waals surface area contributed by atoms with Crippen LogP contribution in [0.3, 0.4) is 0 Å². The van der Waals surface area contributed by atoms with Crippen molar-refractivity contribution in [2.45, 2.75) is 52.1 Å². The lowest BCUT2D eigenvalue weighted by Gasteiger charge is -2.14. The van der Waals surface area contributed by atoms with Gasteiger partial charge in [0.25, 0.3) is 0 Å². The van der Waals surface area contributed by atoms with E-state index in [0.717, 1.165) is 19.5 Å². The molecular weight excluding hydrogens is 256 g/mol. The molecule has 2 heteroatoms. The number of rotatable bonds is 6. The molecule has 0 fully saturated rings. The molecule has 21 heavy (non-hydrogen) atoms. The van der Waals surface area contributed by atoms with Crippen molar-refractivity contribution in [2.24, 2.45) is 0 Å². The molecule has 1 atom stereocenters. The van der Waals surface area contributed by atoms with Crippen molar-refractivity contribution in [3.8, 4) is 0 Å². The van der Waals surface area contributed by atoms with Gasteiger partial charge in [0, 0.05) is 25.0 Å². The van der Waals surface area contributed by atoms with Crippen molar-refractivity contribution in [1.29, 1.82) is 0 Å². The zero-order chi connectivity index (χ0) is 14.7. The Labute approximate surface area is 128 Å². The molecule has 2 nitrogen and oxygen atoms in total. The maximum atomic E-state index is 3.55. The first kappa shape index (κ1) is 14.4.